The van der Waals surface area contributed by atoms with Crippen LogP contribution in [0.15, 0.2) is 24.3 Å². The molecule has 0 radical (unpaired) electrons. The summed E-state index contributed by atoms with van der Waals surface area (Å²) in [5.74, 6) is -0.237. The molecule has 0 fully saturated rings. The highest BCUT2D eigenvalue weighted by atomic mass is 16.6. The van der Waals surface area contributed by atoms with E-state index in [0.29, 0.717) is 38.3 Å². The van der Waals surface area contributed by atoms with Gasteiger partial charge in [0.25, 0.3) is 0 Å². The summed E-state index contributed by atoms with van der Waals surface area (Å²) in [6.07, 6.45) is 0.919. The van der Waals surface area contributed by atoms with Crippen LogP contribution >= 0.6 is 0 Å². The third-order valence-corrected chi connectivity index (χ3v) is 2.58. The quantitative estimate of drug-likeness (QED) is 0.416. The number of hydrogen-bond donors (Lipinski definition) is 1. The van der Waals surface area contributed by atoms with E-state index >= 15 is 0 Å². The van der Waals surface area contributed by atoms with Crippen LogP contribution in [-0.2, 0) is 25.4 Å². The summed E-state index contributed by atoms with van der Waals surface area (Å²) in [6.45, 7) is 1.71. The topological polar surface area (TPSA) is 70.8 Å². The van der Waals surface area contributed by atoms with Gasteiger partial charge in [-0.1, -0.05) is 18.2 Å². The van der Waals surface area contributed by atoms with E-state index < -0.39 is 0 Å². The van der Waals surface area contributed by atoms with Gasteiger partial charge in [-0.2, -0.15) is 0 Å². The summed E-state index contributed by atoms with van der Waals surface area (Å²) in [4.78, 5) is 11.5. The Kier molecular flexibility index (Phi) is 7.62. The van der Waals surface area contributed by atoms with E-state index in [4.69, 9.17) is 19.9 Å². The molecule has 0 unspecified atom stereocenters. The van der Waals surface area contributed by atoms with Crippen LogP contribution in [0.4, 0.5) is 5.69 Å². The fraction of sp³-hybridized carbons (Fsp3) is 0.500. The van der Waals surface area contributed by atoms with Gasteiger partial charge in [0.15, 0.2) is 0 Å². The van der Waals surface area contributed by atoms with E-state index in [1.54, 1.807) is 7.11 Å². The summed E-state index contributed by atoms with van der Waals surface area (Å²) in [6, 6.07) is 7.51. The van der Waals surface area contributed by atoms with E-state index in [9.17, 15) is 4.79 Å². The normalized spacial score (nSPS) is 10.4. The highest BCUT2D eigenvalue weighted by molar-refractivity contribution is 5.70. The average Bonchev–Trinajstić information content (AvgIpc) is 2.42. The first-order valence-corrected chi connectivity index (χ1v) is 6.29. The molecule has 0 saturated carbocycles. The minimum absolute atomic E-state index is 0.237. The van der Waals surface area contributed by atoms with Crippen molar-refractivity contribution in [1.29, 1.82) is 0 Å². The third kappa shape index (κ3) is 6.79. The number of hydrogen-bond acceptors (Lipinski definition) is 5. The second-order valence-electron chi connectivity index (χ2n) is 4.02. The lowest BCUT2D eigenvalue weighted by molar-refractivity contribution is -0.145. The van der Waals surface area contributed by atoms with Gasteiger partial charge in [-0.05, 0) is 18.1 Å². The number of esters is 1. The summed E-state index contributed by atoms with van der Waals surface area (Å²) in [7, 11) is 1.61. The number of aryl methyl sites for hydroxylation is 1. The van der Waals surface area contributed by atoms with E-state index in [0.717, 1.165) is 5.56 Å². The number of rotatable bonds is 9. The molecule has 0 aliphatic carbocycles. The molecule has 0 bridgehead atoms. The van der Waals surface area contributed by atoms with Crippen molar-refractivity contribution in [3.63, 3.8) is 0 Å². The zero-order chi connectivity index (χ0) is 13.9. The zero-order valence-corrected chi connectivity index (χ0v) is 11.3. The van der Waals surface area contributed by atoms with Crippen molar-refractivity contribution < 1.29 is 19.0 Å². The smallest absolute Gasteiger partial charge is 0.306 e. The van der Waals surface area contributed by atoms with Gasteiger partial charge in [0, 0.05) is 19.2 Å². The number of benzene rings is 1. The predicted octanol–water partition coefficient (Wildman–Crippen LogP) is 1.41. The van der Waals surface area contributed by atoms with Crippen LogP contribution in [0.2, 0.25) is 0 Å². The van der Waals surface area contributed by atoms with Gasteiger partial charge in [-0.15, -0.1) is 0 Å². The van der Waals surface area contributed by atoms with Crippen molar-refractivity contribution in [2.45, 2.75) is 12.8 Å². The lowest BCUT2D eigenvalue weighted by atomic mass is 10.1. The molecule has 5 nitrogen and oxygen atoms in total. The number of anilines is 1. The van der Waals surface area contributed by atoms with Crippen molar-refractivity contribution in [3.8, 4) is 0 Å². The molecular formula is C14H21NO4. The van der Waals surface area contributed by atoms with Crippen LogP contribution in [0.3, 0.4) is 0 Å². The average molecular weight is 267 g/mol. The Labute approximate surface area is 113 Å². The number of ether oxygens (including phenoxy) is 3. The molecule has 0 heterocycles. The second kappa shape index (κ2) is 9.35. The maximum atomic E-state index is 11.5. The van der Waals surface area contributed by atoms with Crippen LogP contribution in [0.25, 0.3) is 0 Å². The van der Waals surface area contributed by atoms with Gasteiger partial charge in [-0.25, -0.2) is 0 Å². The molecule has 19 heavy (non-hydrogen) atoms. The molecule has 0 atom stereocenters. The van der Waals surface area contributed by atoms with Crippen molar-refractivity contribution in [3.05, 3.63) is 29.8 Å². The number of para-hydroxylation sites is 1. The standard InChI is InChI=1S/C14H21NO4/c1-17-8-9-18-10-11-19-14(16)7-6-12-4-2-3-5-13(12)15/h2-5H,6-11,15H2,1H3. The molecule has 1 aromatic rings. The van der Waals surface area contributed by atoms with Crippen LogP contribution in [0, 0.1) is 0 Å². The largest absolute Gasteiger partial charge is 0.463 e. The molecular weight excluding hydrogens is 246 g/mol. The number of nitrogen functional groups attached to an aromatic ring is 1. The molecule has 0 aromatic heterocycles. The fourth-order valence-electron chi connectivity index (χ4n) is 1.53. The predicted molar refractivity (Wildman–Crippen MR) is 72.8 cm³/mol. The van der Waals surface area contributed by atoms with Gasteiger partial charge in [0.05, 0.1) is 19.8 Å². The minimum atomic E-state index is -0.237. The third-order valence-electron chi connectivity index (χ3n) is 2.58. The first-order chi connectivity index (χ1) is 9.24. The van der Waals surface area contributed by atoms with Crippen molar-refractivity contribution in [2.24, 2.45) is 0 Å². The molecule has 2 N–H and O–H groups in total. The van der Waals surface area contributed by atoms with Gasteiger partial charge in [0.2, 0.25) is 0 Å². The monoisotopic (exact) mass is 267 g/mol. The van der Waals surface area contributed by atoms with Gasteiger partial charge >= 0.3 is 5.97 Å². The maximum absolute atomic E-state index is 11.5. The van der Waals surface area contributed by atoms with Crippen LogP contribution in [-0.4, -0.2) is 39.5 Å². The molecule has 1 rings (SSSR count). The molecule has 106 valence electrons. The van der Waals surface area contributed by atoms with Gasteiger partial charge in [-0.3, -0.25) is 4.79 Å². The van der Waals surface area contributed by atoms with E-state index in [1.807, 2.05) is 24.3 Å². The summed E-state index contributed by atoms with van der Waals surface area (Å²) >= 11 is 0. The number of carbonyl (C=O) groups excluding carboxylic acids is 1. The lowest BCUT2D eigenvalue weighted by Crippen LogP contribution is -2.13. The van der Waals surface area contributed by atoms with Crippen LogP contribution < -0.4 is 5.73 Å². The Morgan fingerprint density at radius 2 is 1.89 bits per heavy atom. The summed E-state index contributed by atoms with van der Waals surface area (Å²) in [5.41, 5.74) is 7.47. The van der Waals surface area contributed by atoms with Crippen LogP contribution in [0.1, 0.15) is 12.0 Å². The Bertz CT molecular complexity index is 381. The highest BCUT2D eigenvalue weighted by Crippen LogP contribution is 2.12. The van der Waals surface area contributed by atoms with Crippen molar-refractivity contribution in [2.75, 3.05) is 39.3 Å². The Morgan fingerprint density at radius 3 is 2.63 bits per heavy atom. The Hall–Kier alpha value is -1.59. The Morgan fingerprint density at radius 1 is 1.16 bits per heavy atom. The molecule has 5 heteroatoms. The first kappa shape index (κ1) is 15.5. The first-order valence-electron chi connectivity index (χ1n) is 6.29. The maximum Gasteiger partial charge on any atom is 0.306 e. The van der Waals surface area contributed by atoms with Crippen molar-refractivity contribution >= 4 is 11.7 Å². The van der Waals surface area contributed by atoms with E-state index in [-0.39, 0.29) is 12.6 Å². The Balaban J connectivity index is 2.10. The SMILES string of the molecule is COCCOCCOC(=O)CCc1ccccc1N. The molecule has 0 aliphatic rings. The highest BCUT2D eigenvalue weighted by Gasteiger charge is 2.05. The van der Waals surface area contributed by atoms with Gasteiger partial charge < -0.3 is 19.9 Å². The summed E-state index contributed by atoms with van der Waals surface area (Å²) < 4.78 is 15.0. The molecule has 1 aromatic carbocycles. The molecule has 0 saturated heterocycles. The van der Waals surface area contributed by atoms with Gasteiger partial charge in [0.1, 0.15) is 6.61 Å². The second-order valence-corrected chi connectivity index (χ2v) is 4.02. The molecule has 0 amide bonds. The minimum Gasteiger partial charge on any atom is -0.463 e. The summed E-state index contributed by atoms with van der Waals surface area (Å²) in [5, 5.41) is 0. The van der Waals surface area contributed by atoms with E-state index in [1.165, 1.54) is 0 Å². The number of methoxy groups -OCH3 is 1. The lowest BCUT2D eigenvalue weighted by Gasteiger charge is -2.07. The van der Waals surface area contributed by atoms with Crippen molar-refractivity contribution in [1.82, 2.24) is 0 Å². The van der Waals surface area contributed by atoms with Crippen LogP contribution in [0.5, 0.6) is 0 Å². The molecule has 0 spiro atoms. The number of nitrogens with two attached hydrogens (primary N) is 1. The zero-order valence-electron chi connectivity index (χ0n) is 11.3. The molecule has 0 aliphatic heterocycles. The van der Waals surface area contributed by atoms with E-state index in [2.05, 4.69) is 0 Å². The fourth-order valence-corrected chi connectivity index (χ4v) is 1.53. The number of carbonyl (C=O) groups is 1.